The van der Waals surface area contributed by atoms with Gasteiger partial charge in [-0.25, -0.2) is 0 Å². The van der Waals surface area contributed by atoms with Gasteiger partial charge in [-0.3, -0.25) is 0 Å². The molecular weight excluding hydrogens is 164 g/mol. The molecule has 0 aliphatic rings. The van der Waals surface area contributed by atoms with E-state index in [0.717, 1.165) is 5.57 Å². The summed E-state index contributed by atoms with van der Waals surface area (Å²) < 4.78 is 5.53. The SMILES string of the molecule is C=CC=C(C)COC(C)C(C)CO. The van der Waals surface area contributed by atoms with Crippen molar-refractivity contribution in [1.82, 2.24) is 0 Å². The highest BCUT2D eigenvalue weighted by molar-refractivity contribution is 5.07. The average Bonchev–Trinajstić information content (AvgIpc) is 2.13. The van der Waals surface area contributed by atoms with Gasteiger partial charge >= 0.3 is 0 Å². The fourth-order valence-electron chi connectivity index (χ4n) is 0.825. The van der Waals surface area contributed by atoms with Gasteiger partial charge in [0.1, 0.15) is 0 Å². The predicted molar refractivity (Wildman–Crippen MR) is 55.6 cm³/mol. The van der Waals surface area contributed by atoms with Crippen molar-refractivity contribution in [3.05, 3.63) is 24.3 Å². The van der Waals surface area contributed by atoms with Gasteiger partial charge in [0.05, 0.1) is 12.7 Å². The van der Waals surface area contributed by atoms with E-state index in [-0.39, 0.29) is 18.6 Å². The molecule has 1 N–H and O–H groups in total. The summed E-state index contributed by atoms with van der Waals surface area (Å²) >= 11 is 0. The summed E-state index contributed by atoms with van der Waals surface area (Å²) in [7, 11) is 0. The lowest BCUT2D eigenvalue weighted by molar-refractivity contribution is 0.0239. The molecule has 2 heteroatoms. The predicted octanol–water partition coefficient (Wildman–Crippen LogP) is 2.15. The van der Waals surface area contributed by atoms with Crippen LogP contribution >= 0.6 is 0 Å². The zero-order chi connectivity index (χ0) is 10.3. The molecule has 0 bridgehead atoms. The van der Waals surface area contributed by atoms with Crippen molar-refractivity contribution in [2.75, 3.05) is 13.2 Å². The van der Waals surface area contributed by atoms with E-state index >= 15 is 0 Å². The van der Waals surface area contributed by atoms with Gasteiger partial charge in [0.25, 0.3) is 0 Å². The van der Waals surface area contributed by atoms with E-state index in [2.05, 4.69) is 6.58 Å². The van der Waals surface area contributed by atoms with Crippen molar-refractivity contribution in [3.8, 4) is 0 Å². The van der Waals surface area contributed by atoms with Crippen molar-refractivity contribution in [1.29, 1.82) is 0 Å². The third kappa shape index (κ3) is 5.61. The van der Waals surface area contributed by atoms with E-state index in [1.54, 1.807) is 6.08 Å². The van der Waals surface area contributed by atoms with Gasteiger partial charge in [0.2, 0.25) is 0 Å². The molecule has 0 rings (SSSR count). The first-order valence-corrected chi connectivity index (χ1v) is 4.62. The molecule has 2 nitrogen and oxygen atoms in total. The monoisotopic (exact) mass is 184 g/mol. The Labute approximate surface area is 80.9 Å². The Kier molecular flexibility index (Phi) is 6.55. The zero-order valence-electron chi connectivity index (χ0n) is 8.79. The number of allylic oxidation sites excluding steroid dienone is 2. The highest BCUT2D eigenvalue weighted by Gasteiger charge is 2.10. The molecule has 0 radical (unpaired) electrons. The fraction of sp³-hybridized carbons (Fsp3) is 0.636. The van der Waals surface area contributed by atoms with Crippen LogP contribution in [0.15, 0.2) is 24.3 Å². The normalized spacial score (nSPS) is 16.8. The number of aliphatic hydroxyl groups is 1. The maximum Gasteiger partial charge on any atom is 0.0680 e. The quantitative estimate of drug-likeness (QED) is 0.641. The molecule has 2 unspecified atom stereocenters. The maximum absolute atomic E-state index is 8.86. The molecule has 0 saturated heterocycles. The van der Waals surface area contributed by atoms with Crippen LogP contribution in [-0.2, 0) is 4.74 Å². The number of ether oxygens (including phenoxy) is 1. The van der Waals surface area contributed by atoms with Gasteiger partial charge < -0.3 is 9.84 Å². The fourth-order valence-corrected chi connectivity index (χ4v) is 0.825. The van der Waals surface area contributed by atoms with Crippen molar-refractivity contribution >= 4 is 0 Å². The minimum absolute atomic E-state index is 0.0955. The van der Waals surface area contributed by atoms with Crippen LogP contribution in [0.1, 0.15) is 20.8 Å². The lowest BCUT2D eigenvalue weighted by atomic mass is 10.1. The van der Waals surface area contributed by atoms with Crippen LogP contribution in [0.4, 0.5) is 0 Å². The van der Waals surface area contributed by atoms with Gasteiger partial charge in [0.15, 0.2) is 0 Å². The first-order valence-electron chi connectivity index (χ1n) is 4.62. The number of hydrogen-bond donors (Lipinski definition) is 1. The molecule has 0 amide bonds. The summed E-state index contributed by atoms with van der Waals surface area (Å²) in [6.45, 7) is 10.3. The summed E-state index contributed by atoms with van der Waals surface area (Å²) in [6.07, 6.45) is 3.77. The molecule has 0 aliphatic carbocycles. The molecule has 0 spiro atoms. The van der Waals surface area contributed by atoms with Crippen LogP contribution in [-0.4, -0.2) is 24.4 Å². The topological polar surface area (TPSA) is 29.5 Å². The van der Waals surface area contributed by atoms with E-state index in [9.17, 15) is 0 Å². The lowest BCUT2D eigenvalue weighted by Crippen LogP contribution is -2.21. The second-order valence-corrected chi connectivity index (χ2v) is 3.42. The summed E-state index contributed by atoms with van der Waals surface area (Å²) in [5.74, 6) is 0.191. The van der Waals surface area contributed by atoms with Crippen molar-refractivity contribution in [3.63, 3.8) is 0 Å². The van der Waals surface area contributed by atoms with Crippen molar-refractivity contribution < 1.29 is 9.84 Å². The van der Waals surface area contributed by atoms with Crippen molar-refractivity contribution in [2.24, 2.45) is 5.92 Å². The van der Waals surface area contributed by atoms with Crippen LogP contribution < -0.4 is 0 Å². The Morgan fingerprint density at radius 1 is 1.54 bits per heavy atom. The third-order valence-electron chi connectivity index (χ3n) is 2.07. The molecule has 0 aromatic heterocycles. The van der Waals surface area contributed by atoms with E-state index in [1.165, 1.54) is 0 Å². The summed E-state index contributed by atoms with van der Waals surface area (Å²) in [6, 6.07) is 0. The summed E-state index contributed by atoms with van der Waals surface area (Å²) in [5.41, 5.74) is 1.15. The number of hydrogen-bond acceptors (Lipinski definition) is 2. The highest BCUT2D eigenvalue weighted by atomic mass is 16.5. The van der Waals surface area contributed by atoms with Gasteiger partial charge in [-0.15, -0.1) is 0 Å². The van der Waals surface area contributed by atoms with Crippen molar-refractivity contribution in [2.45, 2.75) is 26.9 Å². The number of aliphatic hydroxyl groups excluding tert-OH is 1. The van der Waals surface area contributed by atoms with Gasteiger partial charge in [-0.1, -0.05) is 25.7 Å². The Balaban J connectivity index is 3.75. The first kappa shape index (κ1) is 12.4. The second kappa shape index (κ2) is 6.87. The summed E-state index contributed by atoms with van der Waals surface area (Å²) in [4.78, 5) is 0. The molecule has 76 valence electrons. The first-order chi connectivity index (χ1) is 6.11. The average molecular weight is 184 g/mol. The molecule has 0 heterocycles. The Morgan fingerprint density at radius 2 is 2.15 bits per heavy atom. The largest absolute Gasteiger partial charge is 0.396 e. The Morgan fingerprint density at radius 3 is 2.62 bits per heavy atom. The van der Waals surface area contributed by atoms with E-state index in [0.29, 0.717) is 6.61 Å². The summed E-state index contributed by atoms with van der Waals surface area (Å²) in [5, 5.41) is 8.86. The maximum atomic E-state index is 8.86. The second-order valence-electron chi connectivity index (χ2n) is 3.42. The molecule has 13 heavy (non-hydrogen) atoms. The number of rotatable bonds is 6. The third-order valence-corrected chi connectivity index (χ3v) is 2.07. The van der Waals surface area contributed by atoms with Crippen LogP contribution in [0.5, 0.6) is 0 Å². The minimum atomic E-state index is 0.0955. The van der Waals surface area contributed by atoms with Gasteiger partial charge in [-0.2, -0.15) is 0 Å². The van der Waals surface area contributed by atoms with Gasteiger partial charge in [0, 0.05) is 12.5 Å². The van der Waals surface area contributed by atoms with E-state index in [1.807, 2.05) is 26.8 Å². The Hall–Kier alpha value is -0.600. The highest BCUT2D eigenvalue weighted by Crippen LogP contribution is 2.07. The molecular formula is C11H20O2. The standard InChI is InChI=1S/C11H20O2/c1-5-6-9(2)8-13-11(4)10(3)7-12/h5-6,10-12H,1,7-8H2,2-4H3. The van der Waals surface area contributed by atoms with Gasteiger partial charge in [-0.05, 0) is 19.4 Å². The van der Waals surface area contributed by atoms with Crippen LogP contribution in [0.3, 0.4) is 0 Å². The zero-order valence-corrected chi connectivity index (χ0v) is 8.79. The molecule has 0 saturated carbocycles. The molecule has 2 atom stereocenters. The van der Waals surface area contributed by atoms with E-state index in [4.69, 9.17) is 9.84 Å². The molecule has 0 fully saturated rings. The molecule has 0 aliphatic heterocycles. The molecule has 0 aromatic carbocycles. The van der Waals surface area contributed by atoms with Crippen LogP contribution in [0.25, 0.3) is 0 Å². The van der Waals surface area contributed by atoms with Crippen LogP contribution in [0, 0.1) is 5.92 Å². The lowest BCUT2D eigenvalue weighted by Gasteiger charge is -2.18. The molecule has 0 aromatic rings. The smallest absolute Gasteiger partial charge is 0.0680 e. The van der Waals surface area contributed by atoms with Crippen LogP contribution in [0.2, 0.25) is 0 Å². The van der Waals surface area contributed by atoms with E-state index < -0.39 is 0 Å². The minimum Gasteiger partial charge on any atom is -0.396 e. The Bertz CT molecular complexity index is 173.